The first kappa shape index (κ1) is 7.61. The van der Waals surface area contributed by atoms with Crippen LogP contribution in [0.3, 0.4) is 0 Å². The molecule has 0 spiro atoms. The van der Waals surface area contributed by atoms with Gasteiger partial charge < -0.3 is 0 Å². The molecule has 0 bridgehead atoms. The average molecular weight is 159 g/mol. The van der Waals surface area contributed by atoms with Crippen LogP contribution in [-0.2, 0) is 5.88 Å². The van der Waals surface area contributed by atoms with Gasteiger partial charge >= 0.3 is 0 Å². The lowest BCUT2D eigenvalue weighted by Crippen LogP contribution is -1.85. The lowest BCUT2D eigenvalue weighted by Gasteiger charge is -1.94. The molecule has 1 aromatic heterocycles. The van der Waals surface area contributed by atoms with Crippen molar-refractivity contribution in [2.24, 2.45) is 0 Å². The molecular weight excluding hydrogens is 148 g/mol. The highest BCUT2D eigenvalue weighted by Gasteiger charge is 2.02. The van der Waals surface area contributed by atoms with E-state index in [2.05, 4.69) is 24.0 Å². The maximum absolute atomic E-state index is 5.57. The molecule has 0 aromatic carbocycles. The summed E-state index contributed by atoms with van der Waals surface area (Å²) in [5, 5.41) is 6.93. The second-order valence-electron chi connectivity index (χ2n) is 2.61. The summed E-state index contributed by atoms with van der Waals surface area (Å²) in [5.74, 6) is 0.993. The molecule has 0 radical (unpaired) electrons. The van der Waals surface area contributed by atoms with E-state index in [1.807, 2.05) is 6.07 Å². The van der Waals surface area contributed by atoms with Gasteiger partial charge in [0.1, 0.15) is 0 Å². The molecule has 0 saturated carbocycles. The third-order valence-corrected chi connectivity index (χ3v) is 1.67. The smallest absolute Gasteiger partial charge is 0.0650 e. The molecule has 1 rings (SSSR count). The first-order valence-electron chi connectivity index (χ1n) is 3.34. The molecule has 0 aliphatic rings. The predicted octanol–water partition coefficient (Wildman–Crippen LogP) is 2.27. The summed E-state index contributed by atoms with van der Waals surface area (Å²) in [5.41, 5.74) is 2.07. The zero-order valence-corrected chi connectivity index (χ0v) is 6.94. The summed E-state index contributed by atoms with van der Waals surface area (Å²) in [6.45, 7) is 4.21. The molecule has 2 nitrogen and oxygen atoms in total. The van der Waals surface area contributed by atoms with Crippen molar-refractivity contribution in [3.05, 3.63) is 17.5 Å². The third-order valence-electron chi connectivity index (χ3n) is 1.39. The van der Waals surface area contributed by atoms with Crippen LogP contribution in [0.1, 0.15) is 31.2 Å². The second kappa shape index (κ2) is 3.06. The number of aromatic nitrogens is 2. The van der Waals surface area contributed by atoms with E-state index in [0.29, 0.717) is 11.8 Å². The van der Waals surface area contributed by atoms with Crippen LogP contribution in [0.2, 0.25) is 0 Å². The van der Waals surface area contributed by atoms with Crippen molar-refractivity contribution in [2.45, 2.75) is 25.6 Å². The maximum atomic E-state index is 5.57. The Hall–Kier alpha value is -0.500. The van der Waals surface area contributed by atoms with Crippen LogP contribution < -0.4 is 0 Å². The Kier molecular flexibility index (Phi) is 2.33. The minimum Gasteiger partial charge on any atom is -0.281 e. The van der Waals surface area contributed by atoms with Gasteiger partial charge in [-0.15, -0.1) is 11.6 Å². The van der Waals surface area contributed by atoms with E-state index in [9.17, 15) is 0 Å². The van der Waals surface area contributed by atoms with E-state index in [-0.39, 0.29) is 0 Å². The normalized spacial score (nSPS) is 10.8. The summed E-state index contributed by atoms with van der Waals surface area (Å²) in [6, 6.07) is 2.00. The molecule has 56 valence electrons. The summed E-state index contributed by atoms with van der Waals surface area (Å²) < 4.78 is 0. The highest BCUT2D eigenvalue weighted by Crippen LogP contribution is 2.12. The summed E-state index contributed by atoms with van der Waals surface area (Å²) in [7, 11) is 0. The quantitative estimate of drug-likeness (QED) is 0.658. The second-order valence-corrected chi connectivity index (χ2v) is 2.87. The molecule has 3 heteroatoms. The molecule has 0 saturated heterocycles. The van der Waals surface area contributed by atoms with Gasteiger partial charge in [0.2, 0.25) is 0 Å². The molecule has 0 aliphatic heterocycles. The van der Waals surface area contributed by atoms with Gasteiger partial charge in [-0.3, -0.25) is 5.10 Å². The largest absolute Gasteiger partial charge is 0.281 e. The lowest BCUT2D eigenvalue weighted by atomic mass is 10.1. The number of aromatic amines is 1. The van der Waals surface area contributed by atoms with Crippen molar-refractivity contribution in [2.75, 3.05) is 0 Å². The van der Waals surface area contributed by atoms with Gasteiger partial charge in [-0.05, 0) is 12.0 Å². The first-order chi connectivity index (χ1) is 4.74. The zero-order valence-electron chi connectivity index (χ0n) is 6.19. The van der Waals surface area contributed by atoms with Crippen molar-refractivity contribution in [3.63, 3.8) is 0 Å². The van der Waals surface area contributed by atoms with Crippen LogP contribution >= 0.6 is 11.6 Å². The van der Waals surface area contributed by atoms with Crippen LogP contribution in [0.15, 0.2) is 6.07 Å². The van der Waals surface area contributed by atoms with Crippen molar-refractivity contribution in [1.29, 1.82) is 0 Å². The maximum Gasteiger partial charge on any atom is 0.0650 e. The van der Waals surface area contributed by atoms with Crippen LogP contribution in [0, 0.1) is 0 Å². The number of rotatable bonds is 2. The Bertz CT molecular complexity index is 205. The van der Waals surface area contributed by atoms with Crippen molar-refractivity contribution in [3.8, 4) is 0 Å². The highest BCUT2D eigenvalue weighted by atomic mass is 35.5. The van der Waals surface area contributed by atoms with Crippen molar-refractivity contribution < 1.29 is 0 Å². The number of hydrogen-bond donors (Lipinski definition) is 1. The highest BCUT2D eigenvalue weighted by molar-refractivity contribution is 6.16. The van der Waals surface area contributed by atoms with Gasteiger partial charge in [-0.25, -0.2) is 0 Å². The minimum absolute atomic E-state index is 0.480. The number of H-pyrrole nitrogens is 1. The standard InChI is InChI=1S/C7H11ClN2/c1-5(2)7-3-6(4-8)9-10-7/h3,5H,4H2,1-2H3,(H,9,10). The van der Waals surface area contributed by atoms with E-state index >= 15 is 0 Å². The van der Waals surface area contributed by atoms with Crippen LogP contribution in [0.4, 0.5) is 0 Å². The van der Waals surface area contributed by atoms with Crippen molar-refractivity contribution >= 4 is 11.6 Å². The Balaban J connectivity index is 2.78. The number of halogens is 1. The molecule has 10 heavy (non-hydrogen) atoms. The topological polar surface area (TPSA) is 28.7 Å². The number of nitrogens with zero attached hydrogens (tertiary/aromatic N) is 1. The van der Waals surface area contributed by atoms with E-state index < -0.39 is 0 Å². The van der Waals surface area contributed by atoms with Crippen LogP contribution in [-0.4, -0.2) is 10.2 Å². The summed E-state index contributed by atoms with van der Waals surface area (Å²) in [4.78, 5) is 0. The molecule has 1 N–H and O–H groups in total. The monoisotopic (exact) mass is 158 g/mol. The summed E-state index contributed by atoms with van der Waals surface area (Å²) >= 11 is 5.57. The Morgan fingerprint density at radius 1 is 1.70 bits per heavy atom. The lowest BCUT2D eigenvalue weighted by molar-refractivity contribution is 0.809. The third kappa shape index (κ3) is 1.51. The molecule has 0 aliphatic carbocycles. The van der Waals surface area contributed by atoms with E-state index in [1.165, 1.54) is 0 Å². The molecule has 0 atom stereocenters. The fraction of sp³-hybridized carbons (Fsp3) is 0.571. The number of alkyl halides is 1. The molecule has 0 amide bonds. The molecule has 0 unspecified atom stereocenters. The van der Waals surface area contributed by atoms with Crippen LogP contribution in [0.25, 0.3) is 0 Å². The van der Waals surface area contributed by atoms with E-state index in [4.69, 9.17) is 11.6 Å². The minimum atomic E-state index is 0.480. The van der Waals surface area contributed by atoms with Crippen LogP contribution in [0.5, 0.6) is 0 Å². The fourth-order valence-corrected chi connectivity index (χ4v) is 0.881. The van der Waals surface area contributed by atoms with Gasteiger partial charge in [-0.1, -0.05) is 13.8 Å². The number of nitrogens with one attached hydrogen (secondary N) is 1. The van der Waals surface area contributed by atoms with E-state index in [1.54, 1.807) is 0 Å². The number of hydrogen-bond acceptors (Lipinski definition) is 1. The molecular formula is C7H11ClN2. The SMILES string of the molecule is CC(C)c1cc(CCl)[nH]n1. The van der Waals surface area contributed by atoms with Gasteiger partial charge in [0.25, 0.3) is 0 Å². The van der Waals surface area contributed by atoms with E-state index in [0.717, 1.165) is 11.4 Å². The van der Waals surface area contributed by atoms with Crippen molar-refractivity contribution in [1.82, 2.24) is 10.2 Å². The van der Waals surface area contributed by atoms with Gasteiger partial charge in [0, 0.05) is 0 Å². The van der Waals surface area contributed by atoms with Gasteiger partial charge in [0.05, 0.1) is 17.3 Å². The Labute approximate surface area is 65.6 Å². The molecule has 0 fully saturated rings. The fourth-order valence-electron chi connectivity index (χ4n) is 0.744. The first-order valence-corrected chi connectivity index (χ1v) is 3.87. The predicted molar refractivity (Wildman–Crippen MR) is 42.2 cm³/mol. The zero-order chi connectivity index (χ0) is 7.56. The Morgan fingerprint density at radius 2 is 2.40 bits per heavy atom. The molecule has 1 heterocycles. The average Bonchev–Trinajstić information content (AvgIpc) is 2.34. The van der Waals surface area contributed by atoms with Gasteiger partial charge in [-0.2, -0.15) is 5.10 Å². The summed E-state index contributed by atoms with van der Waals surface area (Å²) in [6.07, 6.45) is 0. The molecule has 1 aromatic rings. The van der Waals surface area contributed by atoms with Gasteiger partial charge in [0.15, 0.2) is 0 Å². The Morgan fingerprint density at radius 3 is 2.70 bits per heavy atom.